The van der Waals surface area contributed by atoms with E-state index in [1.165, 1.54) is 0 Å². The molecule has 1 aromatic rings. The molecule has 6 heteroatoms. The molecule has 0 aliphatic heterocycles. The highest BCUT2D eigenvalue weighted by molar-refractivity contribution is 5.95. The number of aromatic nitrogens is 2. The second-order valence-electron chi connectivity index (χ2n) is 6.35. The highest BCUT2D eigenvalue weighted by atomic mass is 16.4. The first kappa shape index (κ1) is 14.1. The summed E-state index contributed by atoms with van der Waals surface area (Å²) in [6.45, 7) is 1.91. The second kappa shape index (κ2) is 5.16. The largest absolute Gasteiger partial charge is 0.481 e. The first-order chi connectivity index (χ1) is 9.97. The van der Waals surface area contributed by atoms with Crippen LogP contribution in [-0.4, -0.2) is 26.8 Å². The normalized spacial score (nSPS) is 31.1. The third-order valence-corrected chi connectivity index (χ3v) is 5.17. The second-order valence-corrected chi connectivity index (χ2v) is 6.35. The lowest BCUT2D eigenvalue weighted by Gasteiger charge is -2.45. The van der Waals surface area contributed by atoms with Crippen molar-refractivity contribution in [3.05, 3.63) is 11.8 Å². The summed E-state index contributed by atoms with van der Waals surface area (Å²) in [6, 6.07) is 1.80. The Morgan fingerprint density at radius 2 is 1.81 bits per heavy atom. The Balaban J connectivity index is 1.80. The van der Waals surface area contributed by atoms with E-state index in [0.717, 1.165) is 31.4 Å². The van der Waals surface area contributed by atoms with Crippen molar-refractivity contribution < 1.29 is 14.7 Å². The van der Waals surface area contributed by atoms with E-state index in [0.29, 0.717) is 5.82 Å². The van der Waals surface area contributed by atoms with Crippen LogP contribution in [-0.2, 0) is 16.6 Å². The standard InChI is InChI=1S/C15H21N3O3/c1-8-7-11(17-18(8)2)16-14(19)12-9-3-5-10(6-4-9)13(12)15(20)21/h7,9-10,12-13H,3-6H2,1-2H3,(H,20,21)(H,16,17,19)/t9?,10?,12-,13-/m1/s1. The van der Waals surface area contributed by atoms with Gasteiger partial charge in [-0.25, -0.2) is 0 Å². The molecule has 1 aromatic heterocycles. The number of hydrogen-bond acceptors (Lipinski definition) is 3. The fourth-order valence-electron chi connectivity index (χ4n) is 4.01. The van der Waals surface area contributed by atoms with E-state index in [2.05, 4.69) is 10.4 Å². The molecule has 4 rings (SSSR count). The monoisotopic (exact) mass is 291 g/mol. The van der Waals surface area contributed by atoms with Crippen LogP contribution in [0.3, 0.4) is 0 Å². The van der Waals surface area contributed by atoms with Gasteiger partial charge in [0.15, 0.2) is 5.82 Å². The SMILES string of the molecule is Cc1cc(NC(=O)[C@@H]2C3CCC(CC3)[C@H]2C(=O)O)nn1C. The summed E-state index contributed by atoms with van der Waals surface area (Å²) < 4.78 is 1.69. The van der Waals surface area contributed by atoms with E-state index >= 15 is 0 Å². The molecule has 6 nitrogen and oxygen atoms in total. The van der Waals surface area contributed by atoms with Crippen LogP contribution in [0.1, 0.15) is 31.4 Å². The van der Waals surface area contributed by atoms with E-state index in [9.17, 15) is 14.7 Å². The zero-order valence-corrected chi connectivity index (χ0v) is 12.4. The van der Waals surface area contributed by atoms with Gasteiger partial charge in [0.1, 0.15) is 0 Å². The van der Waals surface area contributed by atoms with Crippen molar-refractivity contribution in [1.29, 1.82) is 0 Å². The van der Waals surface area contributed by atoms with Gasteiger partial charge in [0.05, 0.1) is 11.8 Å². The van der Waals surface area contributed by atoms with Crippen LogP contribution in [0.4, 0.5) is 5.82 Å². The molecule has 1 heterocycles. The van der Waals surface area contributed by atoms with Gasteiger partial charge in [0.2, 0.25) is 5.91 Å². The first-order valence-electron chi connectivity index (χ1n) is 7.51. The van der Waals surface area contributed by atoms with E-state index in [1.807, 2.05) is 14.0 Å². The minimum Gasteiger partial charge on any atom is -0.481 e. The number of carboxylic acids is 1. The Kier molecular flexibility index (Phi) is 3.47. The van der Waals surface area contributed by atoms with Gasteiger partial charge in [-0.1, -0.05) is 0 Å². The maximum Gasteiger partial charge on any atom is 0.307 e. The van der Waals surface area contributed by atoms with Crippen molar-refractivity contribution in [2.75, 3.05) is 5.32 Å². The van der Waals surface area contributed by atoms with Gasteiger partial charge in [-0.05, 0) is 44.4 Å². The molecule has 0 aromatic carbocycles. The third kappa shape index (κ3) is 2.43. The zero-order chi connectivity index (χ0) is 15.1. The molecule has 3 aliphatic carbocycles. The van der Waals surface area contributed by atoms with Gasteiger partial charge in [-0.15, -0.1) is 0 Å². The van der Waals surface area contributed by atoms with E-state index in [1.54, 1.807) is 10.7 Å². The number of amides is 1. The molecular formula is C15H21N3O3. The lowest BCUT2D eigenvalue weighted by Crippen LogP contribution is -2.49. The molecule has 3 fully saturated rings. The maximum atomic E-state index is 12.6. The minimum absolute atomic E-state index is 0.147. The number of rotatable bonds is 3. The van der Waals surface area contributed by atoms with Gasteiger partial charge in [-0.3, -0.25) is 14.3 Å². The first-order valence-corrected chi connectivity index (χ1v) is 7.51. The van der Waals surface area contributed by atoms with Crippen LogP contribution >= 0.6 is 0 Å². The zero-order valence-electron chi connectivity index (χ0n) is 12.4. The van der Waals surface area contributed by atoms with E-state index in [4.69, 9.17) is 0 Å². The van der Waals surface area contributed by atoms with Crippen LogP contribution in [0.25, 0.3) is 0 Å². The van der Waals surface area contributed by atoms with Crippen molar-refractivity contribution in [1.82, 2.24) is 9.78 Å². The summed E-state index contributed by atoms with van der Waals surface area (Å²) in [5, 5.41) is 16.5. The lowest BCUT2D eigenvalue weighted by atomic mass is 9.58. The number of nitrogens with one attached hydrogen (secondary N) is 1. The Hall–Kier alpha value is -1.85. The van der Waals surface area contributed by atoms with Gasteiger partial charge < -0.3 is 10.4 Å². The third-order valence-electron chi connectivity index (χ3n) is 5.17. The molecule has 1 amide bonds. The van der Waals surface area contributed by atoms with Gasteiger partial charge in [0, 0.05) is 18.8 Å². The fraction of sp³-hybridized carbons (Fsp3) is 0.667. The highest BCUT2D eigenvalue weighted by Gasteiger charge is 2.50. The Morgan fingerprint density at radius 3 is 2.29 bits per heavy atom. The summed E-state index contributed by atoms with van der Waals surface area (Å²) in [6.07, 6.45) is 3.81. The summed E-state index contributed by atoms with van der Waals surface area (Å²) in [7, 11) is 1.81. The smallest absolute Gasteiger partial charge is 0.307 e. The molecule has 0 radical (unpaired) electrons. The summed E-state index contributed by atoms with van der Waals surface area (Å²) in [4.78, 5) is 24.1. The molecule has 2 N–H and O–H groups in total. The predicted molar refractivity (Wildman–Crippen MR) is 76.6 cm³/mol. The number of aliphatic carboxylic acids is 1. The number of fused-ring (bicyclic) bond motifs is 3. The molecule has 3 saturated carbocycles. The molecule has 0 saturated heterocycles. The number of carbonyl (C=O) groups excluding carboxylic acids is 1. The molecule has 21 heavy (non-hydrogen) atoms. The summed E-state index contributed by atoms with van der Waals surface area (Å²) >= 11 is 0. The molecular weight excluding hydrogens is 270 g/mol. The number of aryl methyl sites for hydroxylation is 2. The van der Waals surface area contributed by atoms with Crippen molar-refractivity contribution in [3.8, 4) is 0 Å². The van der Waals surface area contributed by atoms with Gasteiger partial charge in [-0.2, -0.15) is 5.10 Å². The summed E-state index contributed by atoms with van der Waals surface area (Å²) in [5.74, 6) is -1.13. The topological polar surface area (TPSA) is 84.2 Å². The minimum atomic E-state index is -0.832. The van der Waals surface area contributed by atoms with Crippen LogP contribution in [0.15, 0.2) is 6.07 Å². The molecule has 2 bridgehead atoms. The summed E-state index contributed by atoms with van der Waals surface area (Å²) in [5.41, 5.74) is 0.949. The molecule has 3 aliphatic rings. The Morgan fingerprint density at radius 1 is 1.24 bits per heavy atom. The number of carbonyl (C=O) groups is 2. The van der Waals surface area contributed by atoms with Crippen LogP contribution in [0, 0.1) is 30.6 Å². The lowest BCUT2D eigenvalue weighted by molar-refractivity contribution is -0.156. The fourth-order valence-corrected chi connectivity index (χ4v) is 4.01. The van der Waals surface area contributed by atoms with Gasteiger partial charge >= 0.3 is 5.97 Å². The number of carboxylic acid groups (broad SMARTS) is 1. The molecule has 0 unspecified atom stereocenters. The van der Waals surface area contributed by atoms with E-state index in [-0.39, 0.29) is 17.7 Å². The van der Waals surface area contributed by atoms with Crippen LogP contribution < -0.4 is 5.32 Å². The van der Waals surface area contributed by atoms with Crippen LogP contribution in [0.5, 0.6) is 0 Å². The van der Waals surface area contributed by atoms with Crippen molar-refractivity contribution in [2.45, 2.75) is 32.6 Å². The average molecular weight is 291 g/mol. The average Bonchev–Trinajstić information content (AvgIpc) is 2.77. The van der Waals surface area contributed by atoms with E-state index < -0.39 is 17.8 Å². The Bertz CT molecular complexity index is 553. The van der Waals surface area contributed by atoms with Crippen molar-refractivity contribution >= 4 is 17.7 Å². The molecule has 0 spiro atoms. The maximum absolute atomic E-state index is 12.6. The molecule has 114 valence electrons. The van der Waals surface area contributed by atoms with Crippen molar-refractivity contribution in [3.63, 3.8) is 0 Å². The highest BCUT2D eigenvalue weighted by Crippen LogP contribution is 2.49. The quantitative estimate of drug-likeness (QED) is 0.889. The predicted octanol–water partition coefficient (Wildman–Crippen LogP) is 1.80. The number of nitrogens with zero attached hydrogens (tertiary/aromatic N) is 2. The number of hydrogen-bond donors (Lipinski definition) is 2. The molecule has 2 atom stereocenters. The van der Waals surface area contributed by atoms with Gasteiger partial charge in [0.25, 0.3) is 0 Å². The van der Waals surface area contributed by atoms with Crippen molar-refractivity contribution in [2.24, 2.45) is 30.7 Å². The number of anilines is 1. The Labute approximate surface area is 123 Å². The van der Waals surface area contributed by atoms with Crippen LogP contribution in [0.2, 0.25) is 0 Å².